The van der Waals surface area contributed by atoms with Crippen LogP contribution in [0, 0.1) is 0 Å². The average molecular weight is 317 g/mol. The Labute approximate surface area is 123 Å². The van der Waals surface area contributed by atoms with E-state index in [9.17, 15) is 8.42 Å². The molecule has 1 saturated heterocycles. The topological polar surface area (TPSA) is 59.5 Å². The van der Waals surface area contributed by atoms with Crippen LogP contribution in [0.15, 0.2) is 23.2 Å². The number of sulfonamides is 1. The summed E-state index contributed by atoms with van der Waals surface area (Å²) in [4.78, 5) is 3.96. The third-order valence-corrected chi connectivity index (χ3v) is 6.36. The van der Waals surface area contributed by atoms with Crippen molar-refractivity contribution >= 4 is 21.6 Å². The van der Waals surface area contributed by atoms with Gasteiger partial charge in [-0.05, 0) is 25.0 Å². The Morgan fingerprint density at radius 1 is 1.35 bits per heavy atom. The fraction of sp³-hybridized carbons (Fsp3) is 0.615. The molecule has 3 rings (SSSR count). The highest BCUT2D eigenvalue weighted by atomic mass is 35.5. The number of aromatic nitrogens is 1. The fourth-order valence-corrected chi connectivity index (χ4v) is 5.14. The summed E-state index contributed by atoms with van der Waals surface area (Å²) in [6, 6.07) is 3.04. The first-order valence-corrected chi connectivity index (χ1v) is 8.66. The second-order valence-corrected chi connectivity index (χ2v) is 7.39. The van der Waals surface area contributed by atoms with Gasteiger partial charge in [0.25, 0.3) is 0 Å². The van der Waals surface area contributed by atoms with E-state index in [2.05, 4.69) is 4.98 Å². The minimum atomic E-state index is -3.60. The summed E-state index contributed by atoms with van der Waals surface area (Å²) in [6.07, 6.45) is 5.42. The Kier molecular flexibility index (Phi) is 3.99. The van der Waals surface area contributed by atoms with Crippen LogP contribution in [0.25, 0.3) is 0 Å². The van der Waals surface area contributed by atoms with Gasteiger partial charge in [-0.2, -0.15) is 4.31 Å². The van der Waals surface area contributed by atoms with Crippen LogP contribution >= 0.6 is 11.6 Å². The van der Waals surface area contributed by atoms with Gasteiger partial charge in [0.1, 0.15) is 10.0 Å². The van der Waals surface area contributed by atoms with Crippen LogP contribution in [0.4, 0.5) is 0 Å². The molecule has 1 aliphatic carbocycles. The summed E-state index contributed by atoms with van der Waals surface area (Å²) in [7, 11) is -3.60. The number of ether oxygens (including phenoxy) is 1. The molecule has 20 heavy (non-hydrogen) atoms. The van der Waals surface area contributed by atoms with Gasteiger partial charge in [0.05, 0.1) is 18.8 Å². The lowest BCUT2D eigenvalue weighted by Gasteiger charge is -2.42. The van der Waals surface area contributed by atoms with E-state index in [0.717, 1.165) is 25.7 Å². The number of morpholine rings is 1. The van der Waals surface area contributed by atoms with Crippen LogP contribution in [0.5, 0.6) is 0 Å². The molecule has 0 N–H and O–H groups in total. The molecular weight excluding hydrogens is 300 g/mol. The lowest BCUT2D eigenvalue weighted by atomic mass is 9.91. The first kappa shape index (κ1) is 14.3. The molecule has 5 nitrogen and oxygen atoms in total. The highest BCUT2D eigenvalue weighted by Gasteiger charge is 2.41. The Balaban J connectivity index is 1.96. The first-order chi connectivity index (χ1) is 9.60. The van der Waals surface area contributed by atoms with E-state index in [0.29, 0.717) is 13.2 Å². The number of pyridine rings is 1. The van der Waals surface area contributed by atoms with Gasteiger partial charge < -0.3 is 4.74 Å². The normalized spacial score (nSPS) is 28.1. The van der Waals surface area contributed by atoms with E-state index in [1.165, 1.54) is 12.3 Å². The molecule has 1 aromatic heterocycles. The molecular formula is C13H17ClN2O3S. The predicted molar refractivity (Wildman–Crippen MR) is 75.1 cm³/mol. The molecule has 0 aromatic carbocycles. The maximum absolute atomic E-state index is 12.8. The molecule has 2 fully saturated rings. The van der Waals surface area contributed by atoms with Crippen molar-refractivity contribution < 1.29 is 13.2 Å². The Bertz CT molecular complexity index is 591. The van der Waals surface area contributed by atoms with Crippen molar-refractivity contribution in [1.82, 2.24) is 9.29 Å². The number of fused-ring (bicyclic) bond motifs is 1. The van der Waals surface area contributed by atoms with Gasteiger partial charge in [-0.25, -0.2) is 13.4 Å². The predicted octanol–water partition coefficient (Wildman–Crippen LogP) is 2.07. The first-order valence-electron chi connectivity index (χ1n) is 6.84. The fourth-order valence-electron chi connectivity index (χ4n) is 3.05. The second kappa shape index (κ2) is 5.60. The zero-order chi connectivity index (χ0) is 14.2. The number of hydrogen-bond acceptors (Lipinski definition) is 4. The molecule has 1 aliphatic heterocycles. The van der Waals surface area contributed by atoms with Crippen molar-refractivity contribution in [1.29, 1.82) is 0 Å². The highest BCUT2D eigenvalue weighted by molar-refractivity contribution is 7.89. The van der Waals surface area contributed by atoms with Crippen LogP contribution in [0.2, 0.25) is 5.15 Å². The van der Waals surface area contributed by atoms with Crippen LogP contribution in [-0.4, -0.2) is 43.0 Å². The monoisotopic (exact) mass is 316 g/mol. The van der Waals surface area contributed by atoms with Gasteiger partial charge in [0.15, 0.2) is 0 Å². The van der Waals surface area contributed by atoms with Crippen LogP contribution < -0.4 is 0 Å². The summed E-state index contributed by atoms with van der Waals surface area (Å²) in [5, 5.41) is 0.0337. The van der Waals surface area contributed by atoms with E-state index in [-0.39, 0.29) is 22.2 Å². The maximum atomic E-state index is 12.8. The van der Waals surface area contributed by atoms with E-state index in [1.807, 2.05) is 0 Å². The Hall–Kier alpha value is -0.690. The van der Waals surface area contributed by atoms with Crippen LogP contribution in [-0.2, 0) is 14.8 Å². The maximum Gasteiger partial charge on any atom is 0.246 e. The van der Waals surface area contributed by atoms with Gasteiger partial charge in [-0.1, -0.05) is 24.4 Å². The smallest absolute Gasteiger partial charge is 0.246 e. The van der Waals surface area contributed by atoms with Gasteiger partial charge in [-0.3, -0.25) is 0 Å². The summed E-state index contributed by atoms with van der Waals surface area (Å²) < 4.78 is 32.9. The van der Waals surface area contributed by atoms with Crippen molar-refractivity contribution in [3.8, 4) is 0 Å². The van der Waals surface area contributed by atoms with Crippen molar-refractivity contribution in [3.63, 3.8) is 0 Å². The van der Waals surface area contributed by atoms with Crippen molar-refractivity contribution in [2.24, 2.45) is 0 Å². The SMILES string of the molecule is O=S(=O)(c1cccnc1Cl)N1CCOC2CCCCC21. The zero-order valence-electron chi connectivity index (χ0n) is 11.0. The number of halogens is 1. The number of rotatable bonds is 2. The van der Waals surface area contributed by atoms with Crippen LogP contribution in [0.3, 0.4) is 0 Å². The highest BCUT2D eigenvalue weighted by Crippen LogP contribution is 2.33. The minimum Gasteiger partial charge on any atom is -0.375 e. The quantitative estimate of drug-likeness (QED) is 0.784. The van der Waals surface area contributed by atoms with Crippen molar-refractivity contribution in [2.75, 3.05) is 13.2 Å². The minimum absolute atomic E-state index is 0.0164. The molecule has 2 unspecified atom stereocenters. The second-order valence-electron chi connectivity index (χ2n) is 5.17. The lowest BCUT2D eigenvalue weighted by molar-refractivity contribution is -0.0586. The van der Waals surface area contributed by atoms with Gasteiger partial charge in [-0.15, -0.1) is 0 Å². The molecule has 0 amide bonds. The molecule has 2 aliphatic rings. The molecule has 110 valence electrons. The van der Waals surface area contributed by atoms with Gasteiger partial charge in [0, 0.05) is 12.7 Å². The molecule has 0 bridgehead atoms. The summed E-state index contributed by atoms with van der Waals surface area (Å²) in [5.41, 5.74) is 0. The van der Waals surface area contributed by atoms with E-state index < -0.39 is 10.0 Å². The largest absolute Gasteiger partial charge is 0.375 e. The van der Waals surface area contributed by atoms with E-state index >= 15 is 0 Å². The van der Waals surface area contributed by atoms with Gasteiger partial charge >= 0.3 is 0 Å². The molecule has 0 radical (unpaired) electrons. The standard InChI is InChI=1S/C13H17ClN2O3S/c14-13-12(6-3-7-15-13)20(17,18)16-8-9-19-11-5-2-1-4-10(11)16/h3,6-7,10-11H,1-2,4-5,8-9H2. The Morgan fingerprint density at radius 2 is 2.15 bits per heavy atom. The molecule has 2 heterocycles. The van der Waals surface area contributed by atoms with Gasteiger partial charge in [0.2, 0.25) is 10.0 Å². The number of nitrogens with zero attached hydrogens (tertiary/aromatic N) is 2. The molecule has 7 heteroatoms. The van der Waals surface area contributed by atoms with Crippen molar-refractivity contribution in [3.05, 3.63) is 23.5 Å². The van der Waals surface area contributed by atoms with E-state index in [1.54, 1.807) is 10.4 Å². The average Bonchev–Trinajstić information content (AvgIpc) is 2.47. The summed E-state index contributed by atoms with van der Waals surface area (Å²) in [6.45, 7) is 0.826. The third-order valence-electron chi connectivity index (χ3n) is 3.99. The van der Waals surface area contributed by atoms with Crippen molar-refractivity contribution in [2.45, 2.75) is 42.7 Å². The van der Waals surface area contributed by atoms with E-state index in [4.69, 9.17) is 16.3 Å². The third kappa shape index (κ3) is 2.45. The summed E-state index contributed by atoms with van der Waals surface area (Å²) >= 11 is 5.95. The zero-order valence-corrected chi connectivity index (χ0v) is 12.6. The molecule has 2 atom stereocenters. The molecule has 1 aromatic rings. The molecule has 0 spiro atoms. The molecule has 1 saturated carbocycles. The lowest BCUT2D eigenvalue weighted by Crippen LogP contribution is -2.54. The Morgan fingerprint density at radius 3 is 2.95 bits per heavy atom. The number of hydrogen-bond donors (Lipinski definition) is 0. The van der Waals surface area contributed by atoms with Crippen LogP contribution in [0.1, 0.15) is 25.7 Å². The summed E-state index contributed by atoms with van der Waals surface area (Å²) in [5.74, 6) is 0.